The van der Waals surface area contributed by atoms with Gasteiger partial charge in [-0.1, -0.05) is 47.5 Å². The number of urea groups is 1. The molecule has 2 aromatic carbocycles. The molecule has 0 radical (unpaired) electrons. The van der Waals surface area contributed by atoms with Crippen LogP contribution < -0.4 is 15.6 Å². The largest absolute Gasteiger partial charge is 0.378 e. The second kappa shape index (κ2) is 8.20. The van der Waals surface area contributed by atoms with Crippen molar-refractivity contribution in [2.75, 3.05) is 5.32 Å². The Hall–Kier alpha value is -2.28. The molecular weight excluding hydrogens is 381 g/mol. The molecule has 0 aliphatic heterocycles. The smallest absolute Gasteiger partial charge is 0.353 e. The van der Waals surface area contributed by atoms with Crippen molar-refractivity contribution < 1.29 is 9.63 Å². The topological polar surface area (TPSA) is 63.2 Å². The maximum Gasteiger partial charge on any atom is 0.353 e. The number of hydroxylamine groups is 1. The zero-order valence-corrected chi connectivity index (χ0v) is 15.2. The number of nitrogens with one attached hydrogen (secondary N) is 2. The average Bonchev–Trinajstić information content (AvgIpc) is 3.04. The normalized spacial score (nSPS) is 10.3. The van der Waals surface area contributed by atoms with Crippen LogP contribution in [0.15, 0.2) is 53.9 Å². The highest BCUT2D eigenvalue weighted by atomic mass is 35.5. The number of carbonyl (C=O) groups is 1. The van der Waals surface area contributed by atoms with E-state index in [0.29, 0.717) is 28.0 Å². The minimum atomic E-state index is -0.517. The maximum absolute atomic E-state index is 11.8. The molecule has 1 heterocycles. The van der Waals surface area contributed by atoms with Gasteiger partial charge in [0.2, 0.25) is 0 Å². The first-order valence-corrected chi connectivity index (χ1v) is 8.91. The van der Waals surface area contributed by atoms with E-state index in [1.54, 1.807) is 35.7 Å². The quantitative estimate of drug-likeness (QED) is 0.588. The van der Waals surface area contributed by atoms with Gasteiger partial charge >= 0.3 is 6.03 Å². The van der Waals surface area contributed by atoms with Crippen molar-refractivity contribution in [3.8, 4) is 5.75 Å². The van der Waals surface area contributed by atoms with E-state index < -0.39 is 6.03 Å². The monoisotopic (exact) mass is 393 g/mol. The number of hydrogen-bond acceptors (Lipinski definition) is 4. The summed E-state index contributed by atoms with van der Waals surface area (Å²) in [6.45, 7) is 0. The van der Waals surface area contributed by atoms with Gasteiger partial charge < -0.3 is 4.84 Å². The van der Waals surface area contributed by atoms with Crippen molar-refractivity contribution in [3.05, 3.63) is 74.5 Å². The Kier molecular flexibility index (Phi) is 5.75. The van der Waals surface area contributed by atoms with Crippen molar-refractivity contribution in [3.63, 3.8) is 0 Å². The van der Waals surface area contributed by atoms with Crippen molar-refractivity contribution in [2.24, 2.45) is 0 Å². The van der Waals surface area contributed by atoms with Crippen LogP contribution >= 0.6 is 34.5 Å². The van der Waals surface area contributed by atoms with Crippen molar-refractivity contribution in [1.29, 1.82) is 0 Å². The number of aromatic nitrogens is 1. The highest BCUT2D eigenvalue weighted by molar-refractivity contribution is 7.10. The van der Waals surface area contributed by atoms with E-state index in [0.717, 1.165) is 10.6 Å². The van der Waals surface area contributed by atoms with Crippen LogP contribution in [0.5, 0.6) is 5.75 Å². The molecule has 0 spiro atoms. The summed E-state index contributed by atoms with van der Waals surface area (Å²) in [5.41, 5.74) is 3.11. The Bertz CT molecular complexity index is 851. The van der Waals surface area contributed by atoms with Gasteiger partial charge in [0.25, 0.3) is 0 Å². The number of anilines is 1. The van der Waals surface area contributed by atoms with Gasteiger partial charge in [0.05, 0.1) is 5.01 Å². The lowest BCUT2D eigenvalue weighted by molar-refractivity contribution is 0.189. The fourth-order valence-corrected chi connectivity index (χ4v) is 3.31. The van der Waals surface area contributed by atoms with Gasteiger partial charge in [0, 0.05) is 21.8 Å². The lowest BCUT2D eigenvalue weighted by Gasteiger charge is -2.07. The number of benzene rings is 2. The third-order valence-electron chi connectivity index (χ3n) is 3.19. The summed E-state index contributed by atoms with van der Waals surface area (Å²) >= 11 is 13.7. The third kappa shape index (κ3) is 4.85. The zero-order valence-electron chi connectivity index (χ0n) is 12.8. The van der Waals surface area contributed by atoms with Crippen LogP contribution in [0.1, 0.15) is 10.6 Å². The summed E-state index contributed by atoms with van der Waals surface area (Å²) in [7, 11) is 0. The minimum Gasteiger partial charge on any atom is -0.378 e. The first-order chi connectivity index (χ1) is 12.1. The minimum absolute atomic E-state index is 0.428. The fourth-order valence-electron chi connectivity index (χ4n) is 2.04. The number of rotatable bonds is 5. The van der Waals surface area contributed by atoms with Gasteiger partial charge in [-0.15, -0.1) is 11.3 Å². The van der Waals surface area contributed by atoms with E-state index in [1.165, 1.54) is 11.3 Å². The summed E-state index contributed by atoms with van der Waals surface area (Å²) in [5, 5.41) is 6.31. The Balaban J connectivity index is 1.57. The van der Waals surface area contributed by atoms with Crippen LogP contribution in [0, 0.1) is 0 Å². The molecule has 0 saturated heterocycles. The first-order valence-electron chi connectivity index (χ1n) is 7.28. The fraction of sp³-hybridized carbons (Fsp3) is 0.0588. The number of para-hydroxylation sites is 1. The van der Waals surface area contributed by atoms with Crippen LogP contribution in [0.25, 0.3) is 0 Å². The predicted octanol–water partition coefficient (Wildman–Crippen LogP) is 5.16. The number of carbonyl (C=O) groups excluding carboxylic acids is 1. The molecule has 0 aliphatic rings. The van der Waals surface area contributed by atoms with Crippen LogP contribution in [-0.4, -0.2) is 11.0 Å². The molecule has 2 amide bonds. The van der Waals surface area contributed by atoms with Gasteiger partial charge in [-0.05, 0) is 29.8 Å². The van der Waals surface area contributed by atoms with Gasteiger partial charge in [-0.3, -0.25) is 5.32 Å². The van der Waals surface area contributed by atoms with Crippen LogP contribution in [0.2, 0.25) is 10.0 Å². The molecule has 0 bridgehead atoms. The van der Waals surface area contributed by atoms with Crippen LogP contribution in [0.3, 0.4) is 0 Å². The summed E-state index contributed by atoms with van der Waals surface area (Å²) in [4.78, 5) is 21.3. The van der Waals surface area contributed by atoms with Gasteiger partial charge in [-0.2, -0.15) is 5.48 Å². The zero-order chi connectivity index (χ0) is 17.6. The molecule has 3 rings (SSSR count). The molecule has 1 aromatic heterocycles. The molecule has 128 valence electrons. The van der Waals surface area contributed by atoms with E-state index >= 15 is 0 Å². The van der Waals surface area contributed by atoms with E-state index in [9.17, 15) is 4.79 Å². The molecule has 8 heteroatoms. The molecule has 0 fully saturated rings. The van der Waals surface area contributed by atoms with E-state index in [1.807, 2.05) is 18.2 Å². The van der Waals surface area contributed by atoms with E-state index in [2.05, 4.69) is 15.8 Å². The second-order valence-electron chi connectivity index (χ2n) is 4.97. The van der Waals surface area contributed by atoms with Crippen molar-refractivity contribution in [1.82, 2.24) is 10.5 Å². The van der Waals surface area contributed by atoms with Crippen LogP contribution in [-0.2, 0) is 6.42 Å². The average molecular weight is 394 g/mol. The number of hydrogen-bond donors (Lipinski definition) is 2. The Morgan fingerprint density at radius 3 is 2.52 bits per heavy atom. The van der Waals surface area contributed by atoms with Crippen LogP contribution in [0.4, 0.5) is 10.6 Å². The Morgan fingerprint density at radius 2 is 1.80 bits per heavy atom. The standard InChI is InChI=1S/C17H13Cl2N3O2S/c18-13-7-4-8-14(19)12(13)9-16-20-15(10-25-16)21-17(23)22-24-11-5-2-1-3-6-11/h1-8,10H,9H2,(H2,21,22,23). The van der Waals surface area contributed by atoms with Crippen molar-refractivity contribution >= 4 is 46.4 Å². The summed E-state index contributed by atoms with van der Waals surface area (Å²) < 4.78 is 0. The summed E-state index contributed by atoms with van der Waals surface area (Å²) in [5.74, 6) is 0.960. The molecule has 5 nitrogen and oxygen atoms in total. The maximum atomic E-state index is 11.8. The van der Waals surface area contributed by atoms with Gasteiger partial charge in [0.1, 0.15) is 5.82 Å². The first kappa shape index (κ1) is 17.5. The molecule has 0 atom stereocenters. The number of amides is 2. The molecule has 2 N–H and O–H groups in total. The predicted molar refractivity (Wildman–Crippen MR) is 101 cm³/mol. The number of halogens is 2. The van der Waals surface area contributed by atoms with Gasteiger partial charge in [0.15, 0.2) is 5.75 Å². The third-order valence-corrected chi connectivity index (χ3v) is 4.74. The highest BCUT2D eigenvalue weighted by Gasteiger charge is 2.11. The molecular formula is C17H13Cl2N3O2S. The Morgan fingerprint density at radius 1 is 1.08 bits per heavy atom. The lowest BCUT2D eigenvalue weighted by Crippen LogP contribution is -2.31. The Labute approximate surface area is 158 Å². The van der Waals surface area contributed by atoms with E-state index in [-0.39, 0.29) is 0 Å². The molecule has 3 aromatic rings. The number of nitrogens with zero attached hydrogens (tertiary/aromatic N) is 1. The molecule has 0 aliphatic carbocycles. The summed E-state index contributed by atoms with van der Waals surface area (Å²) in [6.07, 6.45) is 0.493. The highest BCUT2D eigenvalue weighted by Crippen LogP contribution is 2.28. The second-order valence-corrected chi connectivity index (χ2v) is 6.73. The number of thiazole rings is 1. The molecule has 25 heavy (non-hydrogen) atoms. The molecule has 0 unspecified atom stereocenters. The van der Waals surface area contributed by atoms with E-state index in [4.69, 9.17) is 28.0 Å². The van der Waals surface area contributed by atoms with Crippen molar-refractivity contribution in [2.45, 2.75) is 6.42 Å². The SMILES string of the molecule is O=C(NOc1ccccc1)Nc1csc(Cc2c(Cl)cccc2Cl)n1. The van der Waals surface area contributed by atoms with Gasteiger partial charge in [-0.25, -0.2) is 9.78 Å². The molecule has 0 saturated carbocycles. The lowest BCUT2D eigenvalue weighted by atomic mass is 10.1. The summed E-state index contributed by atoms with van der Waals surface area (Å²) in [6, 6.07) is 13.8.